The molecule has 1 heterocycles. The summed E-state index contributed by atoms with van der Waals surface area (Å²) in [7, 11) is 0. The Morgan fingerprint density at radius 1 is 1.15 bits per heavy atom. The highest BCUT2D eigenvalue weighted by molar-refractivity contribution is 5.87. The van der Waals surface area contributed by atoms with Crippen molar-refractivity contribution >= 4 is 5.91 Å². The zero-order valence-electron chi connectivity index (χ0n) is 15.4. The lowest BCUT2D eigenvalue weighted by atomic mass is 9.92. The van der Waals surface area contributed by atoms with E-state index in [4.69, 9.17) is 10.5 Å². The van der Waals surface area contributed by atoms with Crippen LogP contribution in [0.3, 0.4) is 0 Å². The summed E-state index contributed by atoms with van der Waals surface area (Å²) in [5.41, 5.74) is 7.54. The molecule has 4 nitrogen and oxygen atoms in total. The van der Waals surface area contributed by atoms with Crippen molar-refractivity contribution in [1.29, 1.82) is 0 Å². The molecule has 0 radical (unpaired) electrons. The highest BCUT2D eigenvalue weighted by Gasteiger charge is 2.37. The third kappa shape index (κ3) is 4.51. The van der Waals surface area contributed by atoms with E-state index in [0.717, 1.165) is 31.4 Å². The third-order valence-electron chi connectivity index (χ3n) is 5.06. The van der Waals surface area contributed by atoms with Crippen molar-refractivity contribution in [3.63, 3.8) is 0 Å². The molecule has 0 spiro atoms. The predicted octanol–water partition coefficient (Wildman–Crippen LogP) is 3.11. The molecule has 1 fully saturated rings. The van der Waals surface area contributed by atoms with Crippen LogP contribution in [0.15, 0.2) is 60.7 Å². The Morgan fingerprint density at radius 2 is 1.81 bits per heavy atom. The monoisotopic (exact) mass is 352 g/mol. The highest BCUT2D eigenvalue weighted by Crippen LogP contribution is 2.24. The Hall–Kier alpha value is -2.17. The molecule has 0 saturated carbocycles. The van der Waals surface area contributed by atoms with E-state index < -0.39 is 5.54 Å². The number of likely N-dealkylation sites (tertiary alicyclic amines) is 1. The largest absolute Gasteiger partial charge is 0.376 e. The maximum absolute atomic E-state index is 12.9. The number of nitrogens with two attached hydrogens (primary N) is 1. The van der Waals surface area contributed by atoms with Crippen molar-refractivity contribution in [2.75, 3.05) is 19.7 Å². The molecule has 0 aromatic heterocycles. The minimum atomic E-state index is -0.997. The highest BCUT2D eigenvalue weighted by atomic mass is 16.5. The van der Waals surface area contributed by atoms with Crippen LogP contribution in [-0.4, -0.2) is 36.6 Å². The second-order valence-electron chi connectivity index (χ2n) is 7.19. The molecule has 26 heavy (non-hydrogen) atoms. The van der Waals surface area contributed by atoms with Gasteiger partial charge in [-0.3, -0.25) is 4.79 Å². The van der Waals surface area contributed by atoms with Crippen molar-refractivity contribution in [3.8, 4) is 0 Å². The normalized spacial score (nSPS) is 19.3. The molecular weight excluding hydrogens is 324 g/mol. The van der Waals surface area contributed by atoms with Crippen molar-refractivity contribution in [2.45, 2.75) is 37.8 Å². The van der Waals surface area contributed by atoms with Crippen molar-refractivity contribution < 1.29 is 9.53 Å². The van der Waals surface area contributed by atoms with Gasteiger partial charge in [-0.05, 0) is 37.3 Å². The summed E-state index contributed by atoms with van der Waals surface area (Å²) in [6.07, 6.45) is 3.00. The first-order valence-electron chi connectivity index (χ1n) is 9.36. The number of aryl methyl sites for hydroxylation is 1. The van der Waals surface area contributed by atoms with Gasteiger partial charge in [-0.1, -0.05) is 60.7 Å². The molecule has 2 unspecified atom stereocenters. The van der Waals surface area contributed by atoms with Gasteiger partial charge in [0, 0.05) is 19.7 Å². The summed E-state index contributed by atoms with van der Waals surface area (Å²) in [6, 6.07) is 20.0. The van der Waals surface area contributed by atoms with Gasteiger partial charge in [0.1, 0.15) is 5.54 Å². The van der Waals surface area contributed by atoms with Crippen molar-refractivity contribution in [1.82, 2.24) is 4.90 Å². The molecule has 1 aliphatic heterocycles. The van der Waals surface area contributed by atoms with Crippen LogP contribution in [-0.2, 0) is 21.5 Å². The van der Waals surface area contributed by atoms with E-state index >= 15 is 0 Å². The fraction of sp³-hybridized carbons (Fsp3) is 0.409. The Balaban J connectivity index is 1.45. The maximum Gasteiger partial charge on any atom is 0.247 e. The number of nitrogens with zero attached hydrogens (tertiary/aromatic N) is 1. The van der Waals surface area contributed by atoms with Crippen molar-refractivity contribution in [3.05, 3.63) is 71.8 Å². The Labute approximate surface area is 156 Å². The van der Waals surface area contributed by atoms with Crippen LogP contribution >= 0.6 is 0 Å². The number of ether oxygens (including phenoxy) is 1. The average molecular weight is 352 g/mol. The predicted molar refractivity (Wildman–Crippen MR) is 104 cm³/mol. The van der Waals surface area contributed by atoms with Crippen LogP contribution in [0.2, 0.25) is 0 Å². The number of rotatable bonds is 7. The average Bonchev–Trinajstić information content (AvgIpc) is 3.15. The van der Waals surface area contributed by atoms with Crippen LogP contribution in [0.4, 0.5) is 0 Å². The first kappa shape index (κ1) is 18.6. The Kier molecular flexibility index (Phi) is 6.07. The van der Waals surface area contributed by atoms with E-state index in [2.05, 4.69) is 24.3 Å². The van der Waals surface area contributed by atoms with Crippen LogP contribution in [0.1, 0.15) is 30.9 Å². The van der Waals surface area contributed by atoms with E-state index in [1.54, 1.807) is 6.92 Å². The van der Waals surface area contributed by atoms with Gasteiger partial charge in [-0.2, -0.15) is 0 Å². The molecule has 2 aromatic carbocycles. The molecule has 0 aliphatic carbocycles. The molecule has 2 atom stereocenters. The fourth-order valence-corrected chi connectivity index (χ4v) is 3.46. The number of benzene rings is 2. The van der Waals surface area contributed by atoms with E-state index in [-0.39, 0.29) is 12.0 Å². The summed E-state index contributed by atoms with van der Waals surface area (Å²) in [5, 5.41) is 0. The van der Waals surface area contributed by atoms with E-state index in [1.165, 1.54) is 5.56 Å². The number of carbonyl (C=O) groups is 1. The van der Waals surface area contributed by atoms with Gasteiger partial charge in [0.15, 0.2) is 0 Å². The van der Waals surface area contributed by atoms with E-state index in [9.17, 15) is 4.79 Å². The molecular formula is C22H28N2O2. The minimum absolute atomic E-state index is 0.0286. The standard InChI is InChI=1S/C22H28N2O2/c1-22(23,19-12-6-3-7-13-19)21(25)24-15-14-20(17-24)26-16-8-11-18-9-4-2-5-10-18/h2-7,9-10,12-13,20H,8,11,14-17,23H2,1H3. The Bertz CT molecular complexity index is 701. The quantitative estimate of drug-likeness (QED) is 0.779. The fourth-order valence-electron chi connectivity index (χ4n) is 3.46. The molecule has 0 bridgehead atoms. The first-order chi connectivity index (χ1) is 12.6. The molecule has 3 rings (SSSR count). The van der Waals surface area contributed by atoms with Crippen LogP contribution in [0.5, 0.6) is 0 Å². The molecule has 1 saturated heterocycles. The van der Waals surface area contributed by atoms with Crippen LogP contribution < -0.4 is 5.73 Å². The van der Waals surface area contributed by atoms with Crippen LogP contribution in [0, 0.1) is 0 Å². The SMILES string of the molecule is CC(N)(C(=O)N1CCC(OCCCc2ccccc2)C1)c1ccccc1. The van der Waals surface area contributed by atoms with E-state index in [1.807, 2.05) is 41.3 Å². The molecule has 4 heteroatoms. The van der Waals surface area contributed by atoms with Gasteiger partial charge >= 0.3 is 0 Å². The van der Waals surface area contributed by atoms with Gasteiger partial charge in [-0.25, -0.2) is 0 Å². The number of hydrogen-bond donors (Lipinski definition) is 1. The topological polar surface area (TPSA) is 55.6 Å². The molecule has 138 valence electrons. The summed E-state index contributed by atoms with van der Waals surface area (Å²) in [4.78, 5) is 14.7. The molecule has 1 aliphatic rings. The second kappa shape index (κ2) is 8.47. The lowest BCUT2D eigenvalue weighted by Crippen LogP contribution is -2.50. The van der Waals surface area contributed by atoms with Crippen LogP contribution in [0.25, 0.3) is 0 Å². The first-order valence-corrected chi connectivity index (χ1v) is 9.36. The molecule has 2 aromatic rings. The zero-order chi connectivity index (χ0) is 18.4. The van der Waals surface area contributed by atoms with Gasteiger partial charge in [0.2, 0.25) is 5.91 Å². The van der Waals surface area contributed by atoms with Gasteiger partial charge in [-0.15, -0.1) is 0 Å². The van der Waals surface area contributed by atoms with Gasteiger partial charge < -0.3 is 15.4 Å². The Morgan fingerprint density at radius 3 is 2.50 bits per heavy atom. The number of amides is 1. The lowest BCUT2D eigenvalue weighted by molar-refractivity contribution is -0.136. The zero-order valence-corrected chi connectivity index (χ0v) is 15.4. The summed E-state index contributed by atoms with van der Waals surface area (Å²) < 4.78 is 5.99. The summed E-state index contributed by atoms with van der Waals surface area (Å²) in [5.74, 6) is -0.0286. The maximum atomic E-state index is 12.9. The number of carbonyl (C=O) groups excluding carboxylic acids is 1. The second-order valence-corrected chi connectivity index (χ2v) is 7.19. The van der Waals surface area contributed by atoms with Crippen molar-refractivity contribution in [2.24, 2.45) is 5.73 Å². The number of hydrogen-bond acceptors (Lipinski definition) is 3. The van der Waals surface area contributed by atoms with E-state index in [0.29, 0.717) is 13.1 Å². The smallest absolute Gasteiger partial charge is 0.247 e. The molecule has 1 amide bonds. The summed E-state index contributed by atoms with van der Waals surface area (Å²) >= 11 is 0. The van der Waals surface area contributed by atoms with Gasteiger partial charge in [0.05, 0.1) is 6.10 Å². The summed E-state index contributed by atoms with van der Waals surface area (Å²) in [6.45, 7) is 3.85. The van der Waals surface area contributed by atoms with Gasteiger partial charge in [0.25, 0.3) is 0 Å². The third-order valence-corrected chi connectivity index (χ3v) is 5.06. The molecule has 2 N–H and O–H groups in total. The minimum Gasteiger partial charge on any atom is -0.376 e. The lowest BCUT2D eigenvalue weighted by Gasteiger charge is -2.29.